The first-order valence-electron chi connectivity index (χ1n) is 16.2. The molecule has 0 radical (unpaired) electrons. The third-order valence-corrected chi connectivity index (χ3v) is 8.59. The van der Waals surface area contributed by atoms with E-state index < -0.39 is 35.7 Å². The topological polar surface area (TPSA) is 112 Å². The lowest BCUT2D eigenvalue weighted by Gasteiger charge is -2.43. The first-order chi connectivity index (χ1) is 18.7. The minimum absolute atomic E-state index is 0.263. The lowest BCUT2D eigenvalue weighted by Crippen LogP contribution is -2.58. The van der Waals surface area contributed by atoms with Gasteiger partial charge in [-0.15, -0.1) is 0 Å². The van der Waals surface area contributed by atoms with Crippen molar-refractivity contribution in [2.45, 2.75) is 143 Å². The van der Waals surface area contributed by atoms with Crippen molar-refractivity contribution in [3.8, 4) is 0 Å². The number of aliphatic carboxylic acids is 3. The summed E-state index contributed by atoms with van der Waals surface area (Å²) in [6, 6.07) is 0. The average molecular weight is 557 g/mol. The van der Waals surface area contributed by atoms with Gasteiger partial charge in [0.2, 0.25) is 0 Å². The minimum Gasteiger partial charge on any atom is -0.481 e. The van der Waals surface area contributed by atoms with Crippen LogP contribution in [0.1, 0.15) is 143 Å². The molecule has 0 aromatic rings. The van der Waals surface area contributed by atoms with Crippen molar-refractivity contribution in [1.82, 2.24) is 0 Å². The van der Waals surface area contributed by atoms with E-state index in [9.17, 15) is 29.7 Å². The number of rotatable bonds is 28. The van der Waals surface area contributed by atoms with Crippen LogP contribution in [0, 0.1) is 17.8 Å². The number of carbonyl (C=O) groups is 3. The monoisotopic (exact) mass is 556 g/mol. The number of carboxylic acids is 3. The third-order valence-electron chi connectivity index (χ3n) is 8.59. The normalized spacial score (nSPS) is 15.4. The molecule has 0 aliphatic carbocycles. The van der Waals surface area contributed by atoms with Crippen molar-refractivity contribution < 1.29 is 34.2 Å². The smallest absolute Gasteiger partial charge is 0.312 e. The molecular weight excluding hydrogens is 494 g/mol. The lowest BCUT2D eigenvalue weighted by atomic mass is 9.95. The molecule has 0 saturated heterocycles. The predicted molar refractivity (Wildman–Crippen MR) is 159 cm³/mol. The van der Waals surface area contributed by atoms with Crippen molar-refractivity contribution in [3.63, 3.8) is 0 Å². The molecule has 0 saturated carbocycles. The highest BCUT2D eigenvalue weighted by atomic mass is 16.4. The Bertz CT molecular complexity index is 593. The van der Waals surface area contributed by atoms with E-state index in [0.29, 0.717) is 25.8 Å². The minimum atomic E-state index is -0.886. The van der Waals surface area contributed by atoms with Gasteiger partial charge in [-0.3, -0.25) is 14.4 Å². The third kappa shape index (κ3) is 17.6. The van der Waals surface area contributed by atoms with Crippen molar-refractivity contribution in [2.24, 2.45) is 17.8 Å². The van der Waals surface area contributed by atoms with Crippen molar-refractivity contribution in [2.75, 3.05) is 26.2 Å². The largest absolute Gasteiger partial charge is 0.481 e. The molecule has 0 aliphatic rings. The molecule has 0 fully saturated rings. The van der Waals surface area contributed by atoms with Gasteiger partial charge in [-0.05, 0) is 32.1 Å². The van der Waals surface area contributed by atoms with Crippen LogP contribution in [0.5, 0.6) is 0 Å². The second kappa shape index (κ2) is 23.1. The number of carboxylic acid groups (broad SMARTS) is 3. The van der Waals surface area contributed by atoms with E-state index in [1.54, 1.807) is 0 Å². The van der Waals surface area contributed by atoms with Gasteiger partial charge in [-0.1, -0.05) is 111 Å². The molecule has 7 heteroatoms. The van der Waals surface area contributed by atoms with Crippen LogP contribution in [-0.2, 0) is 14.4 Å². The highest BCUT2D eigenvalue weighted by molar-refractivity contribution is 5.71. The summed E-state index contributed by atoms with van der Waals surface area (Å²) in [5.41, 5.74) is 0. The molecule has 0 amide bonds. The quantitative estimate of drug-likeness (QED) is 0.0665. The summed E-state index contributed by atoms with van der Waals surface area (Å²) < 4.78 is 0.263. The van der Waals surface area contributed by atoms with Gasteiger partial charge in [-0.2, -0.15) is 0 Å². The summed E-state index contributed by atoms with van der Waals surface area (Å²) in [5.74, 6) is -4.49. The van der Waals surface area contributed by atoms with Gasteiger partial charge >= 0.3 is 17.9 Å². The van der Waals surface area contributed by atoms with Gasteiger partial charge in [0.1, 0.15) is 17.8 Å². The number of hydrogen-bond acceptors (Lipinski definition) is 3. The first kappa shape index (κ1) is 37.4. The zero-order valence-corrected chi connectivity index (χ0v) is 25.8. The van der Waals surface area contributed by atoms with Crippen LogP contribution in [0.25, 0.3) is 0 Å². The van der Waals surface area contributed by atoms with E-state index in [1.165, 1.54) is 77.0 Å². The molecule has 0 aromatic heterocycles. The maximum Gasteiger partial charge on any atom is 0.312 e. The number of unbranched alkanes of at least 4 members (excludes halogenated alkanes) is 14. The zero-order valence-electron chi connectivity index (χ0n) is 25.8. The van der Waals surface area contributed by atoms with E-state index in [4.69, 9.17) is 0 Å². The molecule has 0 spiro atoms. The Morgan fingerprint density at radius 3 is 0.949 bits per heavy atom. The van der Waals surface area contributed by atoms with Gasteiger partial charge in [0.15, 0.2) is 0 Å². The molecule has 230 valence electrons. The van der Waals surface area contributed by atoms with Crippen LogP contribution in [0.3, 0.4) is 0 Å². The Morgan fingerprint density at radius 2 is 0.718 bits per heavy atom. The van der Waals surface area contributed by atoms with Gasteiger partial charge in [0.05, 0.1) is 26.2 Å². The Labute approximate surface area is 239 Å². The molecule has 39 heavy (non-hydrogen) atoms. The fourth-order valence-corrected chi connectivity index (χ4v) is 5.86. The highest BCUT2D eigenvalue weighted by Gasteiger charge is 2.40. The SMILES string of the molecule is CCCCCCCCCCCCCCCCC[N+](CC(CC)C(=O)O)(CC(CC)C(=O)O)CC(CC)C(=O)O. The van der Waals surface area contributed by atoms with Crippen LogP contribution in [0.4, 0.5) is 0 Å². The van der Waals surface area contributed by atoms with E-state index in [1.807, 2.05) is 20.8 Å². The van der Waals surface area contributed by atoms with Crippen LogP contribution in [-0.4, -0.2) is 63.9 Å². The van der Waals surface area contributed by atoms with Crippen molar-refractivity contribution >= 4 is 17.9 Å². The van der Waals surface area contributed by atoms with Crippen LogP contribution in [0.2, 0.25) is 0 Å². The first-order valence-corrected chi connectivity index (χ1v) is 16.2. The molecule has 0 aliphatic heterocycles. The second-order valence-electron chi connectivity index (χ2n) is 11.9. The number of quaternary nitrogens is 1. The maximum absolute atomic E-state index is 12.0. The molecule has 7 nitrogen and oxygen atoms in total. The number of hydrogen-bond donors (Lipinski definition) is 3. The summed E-state index contributed by atoms with van der Waals surface area (Å²) >= 11 is 0. The fourth-order valence-electron chi connectivity index (χ4n) is 5.86. The van der Waals surface area contributed by atoms with E-state index in [-0.39, 0.29) is 24.1 Å². The fraction of sp³-hybridized carbons (Fsp3) is 0.906. The Hall–Kier alpha value is -1.63. The predicted octanol–water partition coefficient (Wildman–Crippen LogP) is 8.01. The van der Waals surface area contributed by atoms with E-state index >= 15 is 0 Å². The summed E-state index contributed by atoms with van der Waals surface area (Å²) in [6.45, 7) is 9.27. The van der Waals surface area contributed by atoms with Crippen LogP contribution in [0.15, 0.2) is 0 Å². The molecule has 0 aromatic carbocycles. The standard InChI is InChI=1S/C32H61NO6/c1-5-9-10-11-12-13-14-15-16-17-18-19-20-21-22-23-33(24-27(6-2)30(34)35,25-28(7-3)31(36)37)26-29(8-4)32(38)39/h27-29H,5-26H2,1-4H3,(H2-,34,35,36,37,38,39)/p+1. The summed E-state index contributed by atoms with van der Waals surface area (Å²) in [7, 11) is 0. The summed E-state index contributed by atoms with van der Waals surface area (Å²) in [5, 5.41) is 29.4. The lowest BCUT2D eigenvalue weighted by molar-refractivity contribution is -0.935. The molecule has 3 unspecified atom stereocenters. The summed E-state index contributed by atoms with van der Waals surface area (Å²) in [6.07, 6.45) is 20.2. The number of nitrogens with zero attached hydrogens (tertiary/aromatic N) is 1. The van der Waals surface area contributed by atoms with Crippen LogP contribution >= 0.6 is 0 Å². The van der Waals surface area contributed by atoms with Gasteiger partial charge < -0.3 is 19.8 Å². The van der Waals surface area contributed by atoms with Gasteiger partial charge in [0, 0.05) is 0 Å². The molecule has 0 bridgehead atoms. The Morgan fingerprint density at radius 1 is 0.462 bits per heavy atom. The molecule has 0 heterocycles. The zero-order chi connectivity index (χ0) is 29.5. The highest BCUT2D eigenvalue weighted by Crippen LogP contribution is 2.25. The van der Waals surface area contributed by atoms with Crippen molar-refractivity contribution in [3.05, 3.63) is 0 Å². The van der Waals surface area contributed by atoms with Gasteiger partial charge in [0.25, 0.3) is 0 Å². The molecule has 3 N–H and O–H groups in total. The van der Waals surface area contributed by atoms with E-state index in [0.717, 1.165) is 19.3 Å². The summed E-state index contributed by atoms with van der Waals surface area (Å²) in [4.78, 5) is 35.9. The van der Waals surface area contributed by atoms with Crippen LogP contribution < -0.4 is 0 Å². The second-order valence-corrected chi connectivity index (χ2v) is 11.9. The Kier molecular flexibility index (Phi) is 22.1. The van der Waals surface area contributed by atoms with Crippen molar-refractivity contribution in [1.29, 1.82) is 0 Å². The maximum atomic E-state index is 12.0. The Balaban J connectivity index is 4.89. The molecule has 0 rings (SSSR count). The molecule has 3 atom stereocenters. The average Bonchev–Trinajstić information content (AvgIpc) is 2.90. The molecular formula is C32H62NO6+. The van der Waals surface area contributed by atoms with E-state index in [2.05, 4.69) is 6.92 Å². The van der Waals surface area contributed by atoms with Gasteiger partial charge in [-0.25, -0.2) is 0 Å².